The van der Waals surface area contributed by atoms with Gasteiger partial charge in [-0.05, 0) is 0 Å². The van der Waals surface area contributed by atoms with Gasteiger partial charge in [0.05, 0.1) is 18.1 Å². The van der Waals surface area contributed by atoms with Crippen molar-refractivity contribution in [3.05, 3.63) is 24.3 Å². The molecule has 5 heteroatoms. The molecule has 0 saturated heterocycles. The van der Waals surface area contributed by atoms with Gasteiger partial charge in [-0.3, -0.25) is 4.79 Å². The van der Waals surface area contributed by atoms with Gasteiger partial charge in [-0.1, -0.05) is 0 Å². The van der Waals surface area contributed by atoms with Crippen molar-refractivity contribution in [1.29, 1.82) is 5.26 Å². The molecule has 0 N–H and O–H groups in total. The van der Waals surface area contributed by atoms with Crippen molar-refractivity contribution in [3.63, 3.8) is 0 Å². The van der Waals surface area contributed by atoms with Gasteiger partial charge < -0.3 is 0 Å². The zero-order valence-electron chi connectivity index (χ0n) is 6.69. The SMILES string of the molecule is N#CCC(=O)c1cncnc1.[Na]. The summed E-state index contributed by atoms with van der Waals surface area (Å²) in [5.74, 6) is -0.242. The van der Waals surface area contributed by atoms with Crippen LogP contribution >= 0.6 is 0 Å². The molecule has 0 atom stereocenters. The average molecular weight is 170 g/mol. The van der Waals surface area contributed by atoms with Crippen LogP contribution in [0.5, 0.6) is 0 Å². The summed E-state index contributed by atoms with van der Waals surface area (Å²) in [6.45, 7) is 0. The molecule has 4 nitrogen and oxygen atoms in total. The minimum absolute atomic E-state index is 0. The van der Waals surface area contributed by atoms with E-state index in [1.807, 2.05) is 0 Å². The molecule has 1 radical (unpaired) electrons. The second-order valence-corrected chi connectivity index (χ2v) is 1.89. The Bertz CT molecular complexity index is 293. The molecule has 0 fully saturated rings. The predicted octanol–water partition coefficient (Wildman–Crippen LogP) is 0.192. The molecule has 0 aliphatic carbocycles. The normalized spacial score (nSPS) is 7.92. The van der Waals surface area contributed by atoms with E-state index in [0.29, 0.717) is 5.56 Å². The van der Waals surface area contributed by atoms with E-state index in [-0.39, 0.29) is 41.8 Å². The Labute approximate surface area is 91.9 Å². The minimum atomic E-state index is -0.242. The number of hydrogen-bond acceptors (Lipinski definition) is 4. The molecule has 12 heavy (non-hydrogen) atoms. The van der Waals surface area contributed by atoms with Crippen LogP contribution in [0.25, 0.3) is 0 Å². The summed E-state index contributed by atoms with van der Waals surface area (Å²) in [4.78, 5) is 18.2. The van der Waals surface area contributed by atoms with E-state index in [0.717, 1.165) is 0 Å². The minimum Gasteiger partial charge on any atom is -0.293 e. The zero-order valence-corrected chi connectivity index (χ0v) is 8.69. The summed E-state index contributed by atoms with van der Waals surface area (Å²) in [6, 6.07) is 1.76. The number of aromatic nitrogens is 2. The van der Waals surface area contributed by atoms with Crippen LogP contribution in [0.1, 0.15) is 16.8 Å². The Hall–Kier alpha value is -0.760. The Balaban J connectivity index is 0.00000121. The van der Waals surface area contributed by atoms with E-state index in [4.69, 9.17) is 5.26 Å². The van der Waals surface area contributed by atoms with E-state index < -0.39 is 0 Å². The number of hydrogen-bond donors (Lipinski definition) is 0. The number of nitrogens with zero attached hydrogens (tertiary/aromatic N) is 3. The van der Waals surface area contributed by atoms with E-state index in [1.165, 1.54) is 18.7 Å². The van der Waals surface area contributed by atoms with Gasteiger partial charge in [0.2, 0.25) is 0 Å². The van der Waals surface area contributed by atoms with E-state index >= 15 is 0 Å². The van der Waals surface area contributed by atoms with Crippen LogP contribution in [-0.2, 0) is 0 Å². The van der Waals surface area contributed by atoms with Crippen molar-refractivity contribution in [3.8, 4) is 6.07 Å². The number of carbonyl (C=O) groups is 1. The maximum atomic E-state index is 10.9. The Kier molecular flexibility index (Phi) is 5.47. The van der Waals surface area contributed by atoms with E-state index in [2.05, 4.69) is 9.97 Å². The Morgan fingerprint density at radius 1 is 1.50 bits per heavy atom. The number of rotatable bonds is 2. The van der Waals surface area contributed by atoms with Crippen LogP contribution in [0.2, 0.25) is 0 Å². The molecule has 55 valence electrons. The topological polar surface area (TPSA) is 66.6 Å². The summed E-state index contributed by atoms with van der Waals surface area (Å²) in [5, 5.41) is 8.19. The van der Waals surface area contributed by atoms with Crippen LogP contribution in [0.3, 0.4) is 0 Å². The summed E-state index contributed by atoms with van der Waals surface area (Å²) in [5.41, 5.74) is 0.383. The van der Waals surface area contributed by atoms with Crippen molar-refractivity contribution in [2.45, 2.75) is 6.42 Å². The third-order valence-electron chi connectivity index (χ3n) is 1.12. The molecule has 0 aromatic carbocycles. The van der Waals surface area contributed by atoms with Crippen LogP contribution in [-0.4, -0.2) is 45.3 Å². The van der Waals surface area contributed by atoms with E-state index in [1.54, 1.807) is 6.07 Å². The fraction of sp³-hybridized carbons (Fsp3) is 0.143. The summed E-state index contributed by atoms with van der Waals surface area (Å²) < 4.78 is 0. The molecule has 0 aliphatic rings. The van der Waals surface area contributed by atoms with Crippen LogP contribution in [0.4, 0.5) is 0 Å². The third kappa shape index (κ3) is 3.09. The molecule has 1 aromatic rings. The van der Waals surface area contributed by atoms with Gasteiger partial charge in [0.1, 0.15) is 6.33 Å². The van der Waals surface area contributed by atoms with Crippen molar-refractivity contribution >= 4 is 35.3 Å². The second kappa shape index (κ2) is 5.84. The first-order chi connectivity index (χ1) is 5.34. The molecule has 0 aliphatic heterocycles. The van der Waals surface area contributed by atoms with Crippen LogP contribution in [0, 0.1) is 11.3 Å². The monoisotopic (exact) mass is 170 g/mol. The fourth-order valence-electron chi connectivity index (χ4n) is 0.617. The van der Waals surface area contributed by atoms with Crippen molar-refractivity contribution < 1.29 is 4.79 Å². The van der Waals surface area contributed by atoms with Crippen LogP contribution < -0.4 is 0 Å². The van der Waals surface area contributed by atoms with Gasteiger partial charge in [-0.15, -0.1) is 0 Å². The van der Waals surface area contributed by atoms with Gasteiger partial charge in [0, 0.05) is 42.0 Å². The third-order valence-corrected chi connectivity index (χ3v) is 1.12. The maximum Gasteiger partial charge on any atom is 0.179 e. The quantitative estimate of drug-likeness (QED) is 0.469. The smallest absolute Gasteiger partial charge is 0.179 e. The molecule has 0 unspecified atom stereocenters. The van der Waals surface area contributed by atoms with Crippen molar-refractivity contribution in [2.75, 3.05) is 0 Å². The van der Waals surface area contributed by atoms with Gasteiger partial charge in [-0.25, -0.2) is 9.97 Å². The fourth-order valence-corrected chi connectivity index (χ4v) is 0.617. The molecule has 0 bridgehead atoms. The number of nitriles is 1. The summed E-state index contributed by atoms with van der Waals surface area (Å²) >= 11 is 0. The number of carbonyl (C=O) groups excluding carboxylic acids is 1. The first-order valence-corrected chi connectivity index (χ1v) is 2.99. The molecule has 1 heterocycles. The largest absolute Gasteiger partial charge is 0.293 e. The van der Waals surface area contributed by atoms with Crippen LogP contribution in [0.15, 0.2) is 18.7 Å². The second-order valence-electron chi connectivity index (χ2n) is 1.89. The zero-order chi connectivity index (χ0) is 8.10. The molecular formula is C7H5N3NaO. The Morgan fingerprint density at radius 2 is 2.08 bits per heavy atom. The first kappa shape index (κ1) is 11.2. The van der Waals surface area contributed by atoms with Crippen molar-refractivity contribution in [2.24, 2.45) is 0 Å². The van der Waals surface area contributed by atoms with Gasteiger partial charge in [-0.2, -0.15) is 5.26 Å². The summed E-state index contributed by atoms with van der Waals surface area (Å²) in [7, 11) is 0. The molecule has 1 aromatic heterocycles. The Morgan fingerprint density at radius 3 is 2.58 bits per heavy atom. The molecular weight excluding hydrogens is 165 g/mol. The number of ketones is 1. The van der Waals surface area contributed by atoms with E-state index in [9.17, 15) is 4.79 Å². The predicted molar refractivity (Wildman–Crippen MR) is 42.3 cm³/mol. The standard InChI is InChI=1S/C7H5N3O.Na/c8-2-1-7(11)6-3-9-5-10-4-6;/h3-5H,1H2;. The molecule has 0 spiro atoms. The average Bonchev–Trinajstić information content (AvgIpc) is 2.07. The van der Waals surface area contributed by atoms with Crippen molar-refractivity contribution in [1.82, 2.24) is 9.97 Å². The van der Waals surface area contributed by atoms with Gasteiger partial charge >= 0.3 is 0 Å². The summed E-state index contributed by atoms with van der Waals surface area (Å²) in [6.07, 6.45) is 4.01. The molecule has 0 amide bonds. The number of Topliss-reactive ketones (excluding diaryl/α,β-unsaturated/α-hetero) is 1. The molecule has 1 rings (SSSR count). The maximum absolute atomic E-state index is 10.9. The van der Waals surface area contributed by atoms with Gasteiger partial charge in [0.25, 0.3) is 0 Å². The van der Waals surface area contributed by atoms with Gasteiger partial charge in [0.15, 0.2) is 5.78 Å². The molecule has 0 saturated carbocycles. The first-order valence-electron chi connectivity index (χ1n) is 2.99.